The molecule has 1 amide bonds. The molecule has 0 fully saturated rings. The summed E-state index contributed by atoms with van der Waals surface area (Å²) in [6.45, 7) is 4.90. The Morgan fingerprint density at radius 3 is 2.96 bits per heavy atom. The number of carbonyl (C=O) groups excluding carboxylic acids is 1. The van der Waals surface area contributed by atoms with E-state index in [0.29, 0.717) is 24.1 Å². The average molecular weight is 391 g/mol. The normalized spacial score (nSPS) is 14.1. The number of halogens is 1. The fourth-order valence-corrected chi connectivity index (χ4v) is 3.95. The van der Waals surface area contributed by atoms with Crippen LogP contribution in [0.15, 0.2) is 40.7 Å². The molecule has 0 atom stereocenters. The van der Waals surface area contributed by atoms with E-state index in [-0.39, 0.29) is 12.5 Å². The predicted molar refractivity (Wildman–Crippen MR) is 108 cm³/mol. The Hall–Kier alpha value is -2.05. The number of fused-ring (bicyclic) bond motifs is 1. The molecule has 0 spiro atoms. The molecule has 2 heterocycles. The van der Waals surface area contributed by atoms with Crippen molar-refractivity contribution < 1.29 is 4.79 Å². The molecular weight excluding hydrogens is 368 g/mol. The Bertz CT molecular complexity index is 789. The van der Waals surface area contributed by atoms with Crippen molar-refractivity contribution in [2.75, 3.05) is 19.6 Å². The van der Waals surface area contributed by atoms with E-state index >= 15 is 0 Å². The first-order valence-corrected chi connectivity index (χ1v) is 10.0. The van der Waals surface area contributed by atoms with Gasteiger partial charge in [-0.3, -0.25) is 4.79 Å². The third kappa shape index (κ3) is 4.77. The molecule has 3 rings (SSSR count). The van der Waals surface area contributed by atoms with Crippen LogP contribution in [0.2, 0.25) is 5.02 Å². The molecule has 0 unspecified atom stereocenters. The topological polar surface area (TPSA) is 56.7 Å². The van der Waals surface area contributed by atoms with Gasteiger partial charge in [-0.25, -0.2) is 4.99 Å². The molecule has 5 nitrogen and oxygen atoms in total. The largest absolute Gasteiger partial charge is 0.357 e. The van der Waals surface area contributed by atoms with E-state index in [2.05, 4.69) is 27.1 Å². The minimum absolute atomic E-state index is 0.0881. The van der Waals surface area contributed by atoms with Crippen molar-refractivity contribution in [2.45, 2.75) is 26.4 Å². The van der Waals surface area contributed by atoms with Gasteiger partial charge in [0.05, 0.1) is 13.1 Å². The first-order valence-electron chi connectivity index (χ1n) is 8.76. The summed E-state index contributed by atoms with van der Waals surface area (Å²) < 4.78 is 0. The van der Waals surface area contributed by atoms with Crippen LogP contribution >= 0.6 is 22.9 Å². The standard InChI is InChI=1S/C19H23ClN4OS/c1-2-21-19(22-11-14-5-3-4-6-16(14)20)23-12-18(25)24-9-7-17-15(13-24)8-10-26-17/h3-6,8,10H,2,7,9,11-13H2,1H3,(H2,21,22,23). The number of hydrogen-bond donors (Lipinski definition) is 2. The number of hydrogen-bond acceptors (Lipinski definition) is 3. The number of nitrogens with zero attached hydrogens (tertiary/aromatic N) is 2. The molecule has 0 saturated carbocycles. The fraction of sp³-hybridized carbons (Fsp3) is 0.368. The minimum atomic E-state index is 0.0881. The van der Waals surface area contributed by atoms with Gasteiger partial charge in [-0.05, 0) is 42.0 Å². The molecule has 0 bridgehead atoms. The summed E-state index contributed by atoms with van der Waals surface area (Å²) >= 11 is 7.95. The fourth-order valence-electron chi connectivity index (χ4n) is 2.87. The van der Waals surface area contributed by atoms with Crippen LogP contribution in [0.25, 0.3) is 0 Å². The second-order valence-corrected chi connectivity index (χ2v) is 7.48. The van der Waals surface area contributed by atoms with Gasteiger partial charge in [0.1, 0.15) is 0 Å². The van der Waals surface area contributed by atoms with Crippen molar-refractivity contribution in [3.8, 4) is 0 Å². The van der Waals surface area contributed by atoms with Crippen LogP contribution in [0.4, 0.5) is 0 Å². The monoisotopic (exact) mass is 390 g/mol. The zero-order valence-corrected chi connectivity index (χ0v) is 16.4. The van der Waals surface area contributed by atoms with Gasteiger partial charge in [-0.15, -0.1) is 11.3 Å². The lowest BCUT2D eigenvalue weighted by molar-refractivity contribution is -0.130. The maximum Gasteiger partial charge on any atom is 0.242 e. The van der Waals surface area contributed by atoms with E-state index in [4.69, 9.17) is 11.6 Å². The number of carbonyl (C=O) groups is 1. The number of amides is 1. The van der Waals surface area contributed by atoms with E-state index in [0.717, 1.165) is 25.1 Å². The van der Waals surface area contributed by atoms with Crippen molar-refractivity contribution >= 4 is 34.8 Å². The summed E-state index contributed by atoms with van der Waals surface area (Å²) in [5, 5.41) is 9.10. The number of guanidine groups is 1. The number of benzene rings is 1. The second-order valence-electron chi connectivity index (χ2n) is 6.07. The highest BCUT2D eigenvalue weighted by Crippen LogP contribution is 2.23. The number of thiophene rings is 1. The van der Waals surface area contributed by atoms with Gasteiger partial charge >= 0.3 is 0 Å². The highest BCUT2D eigenvalue weighted by Gasteiger charge is 2.21. The Kier molecular flexibility index (Phi) is 6.52. The number of nitrogens with one attached hydrogen (secondary N) is 2. The van der Waals surface area contributed by atoms with Crippen LogP contribution < -0.4 is 10.6 Å². The van der Waals surface area contributed by atoms with Crippen LogP contribution in [0, 0.1) is 0 Å². The van der Waals surface area contributed by atoms with Crippen LogP contribution in [0.1, 0.15) is 22.9 Å². The molecule has 7 heteroatoms. The zero-order valence-electron chi connectivity index (χ0n) is 14.8. The maximum absolute atomic E-state index is 12.5. The van der Waals surface area contributed by atoms with E-state index in [1.807, 2.05) is 36.1 Å². The van der Waals surface area contributed by atoms with Crippen LogP contribution in [0.3, 0.4) is 0 Å². The van der Waals surface area contributed by atoms with Gasteiger partial charge in [0.25, 0.3) is 0 Å². The molecule has 0 saturated heterocycles. The molecule has 138 valence electrons. The molecule has 1 aromatic heterocycles. The van der Waals surface area contributed by atoms with Gasteiger partial charge in [-0.2, -0.15) is 0 Å². The summed E-state index contributed by atoms with van der Waals surface area (Å²) in [5.41, 5.74) is 2.23. The lowest BCUT2D eigenvalue weighted by Gasteiger charge is -2.27. The van der Waals surface area contributed by atoms with Crippen molar-refractivity contribution in [2.24, 2.45) is 4.99 Å². The highest BCUT2D eigenvalue weighted by molar-refractivity contribution is 7.10. The van der Waals surface area contributed by atoms with E-state index in [1.165, 1.54) is 10.4 Å². The van der Waals surface area contributed by atoms with Crippen LogP contribution in [-0.4, -0.2) is 36.4 Å². The Balaban J connectivity index is 1.56. The van der Waals surface area contributed by atoms with Crippen molar-refractivity contribution in [1.82, 2.24) is 15.5 Å². The summed E-state index contributed by atoms with van der Waals surface area (Å²) in [6, 6.07) is 9.75. The number of rotatable bonds is 5. The lowest BCUT2D eigenvalue weighted by Crippen LogP contribution is -2.45. The first kappa shape index (κ1) is 18.7. The molecule has 1 aliphatic heterocycles. The number of aliphatic imine (C=N–C) groups is 1. The quantitative estimate of drug-likeness (QED) is 0.609. The average Bonchev–Trinajstić information content (AvgIpc) is 3.12. The predicted octanol–water partition coefficient (Wildman–Crippen LogP) is 3.04. The van der Waals surface area contributed by atoms with E-state index in [1.54, 1.807) is 11.3 Å². The minimum Gasteiger partial charge on any atom is -0.357 e. The summed E-state index contributed by atoms with van der Waals surface area (Å²) in [4.78, 5) is 20.4. The molecule has 1 aromatic carbocycles. The van der Waals surface area contributed by atoms with Crippen molar-refractivity contribution in [3.05, 3.63) is 56.7 Å². The smallest absolute Gasteiger partial charge is 0.242 e. The zero-order chi connectivity index (χ0) is 18.4. The van der Waals surface area contributed by atoms with Gasteiger partial charge < -0.3 is 15.5 Å². The van der Waals surface area contributed by atoms with E-state index in [9.17, 15) is 4.79 Å². The molecular formula is C19H23ClN4OS. The maximum atomic E-state index is 12.5. The Morgan fingerprint density at radius 2 is 2.15 bits per heavy atom. The van der Waals surface area contributed by atoms with Crippen LogP contribution in [0.5, 0.6) is 0 Å². The molecule has 0 radical (unpaired) electrons. The second kappa shape index (κ2) is 9.05. The third-order valence-corrected chi connectivity index (χ3v) is 5.67. The molecule has 26 heavy (non-hydrogen) atoms. The first-order chi connectivity index (χ1) is 12.7. The SMILES string of the molecule is CCNC(=NCc1ccccc1Cl)NCC(=O)N1CCc2sccc2C1. The summed E-state index contributed by atoms with van der Waals surface area (Å²) in [7, 11) is 0. The van der Waals surface area contributed by atoms with Crippen molar-refractivity contribution in [1.29, 1.82) is 0 Å². The molecule has 1 aliphatic rings. The lowest BCUT2D eigenvalue weighted by atomic mass is 10.1. The Labute approximate surface area is 163 Å². The molecule has 2 aromatic rings. The molecule has 0 aliphatic carbocycles. The highest BCUT2D eigenvalue weighted by atomic mass is 35.5. The van der Waals surface area contributed by atoms with Crippen molar-refractivity contribution in [3.63, 3.8) is 0 Å². The van der Waals surface area contributed by atoms with Gasteiger partial charge in [0.15, 0.2) is 5.96 Å². The summed E-state index contributed by atoms with van der Waals surface area (Å²) in [5.74, 6) is 0.708. The van der Waals surface area contributed by atoms with Gasteiger partial charge in [0.2, 0.25) is 5.91 Å². The molecule has 2 N–H and O–H groups in total. The van der Waals surface area contributed by atoms with Crippen LogP contribution in [-0.2, 0) is 24.3 Å². The third-order valence-electron chi connectivity index (χ3n) is 4.28. The van der Waals surface area contributed by atoms with Gasteiger partial charge in [-0.1, -0.05) is 29.8 Å². The van der Waals surface area contributed by atoms with E-state index < -0.39 is 0 Å². The van der Waals surface area contributed by atoms with Gasteiger partial charge in [0, 0.05) is 29.5 Å². The summed E-state index contributed by atoms with van der Waals surface area (Å²) in [6.07, 6.45) is 0.944. The Morgan fingerprint density at radius 1 is 1.31 bits per heavy atom.